The Hall–Kier alpha value is -1.27. The Balaban J connectivity index is 4.52. The molecule has 4 unspecified atom stereocenters. The average molecular weight is 382 g/mol. The topological polar surface area (TPSA) is 52.6 Å². The molecule has 26 heavy (non-hydrogen) atoms. The quantitative estimate of drug-likeness (QED) is 0.430. The maximum Gasteiger partial charge on any atom is 0.425 e. The van der Waals surface area contributed by atoms with Crippen molar-refractivity contribution in [1.82, 2.24) is 0 Å². The van der Waals surface area contributed by atoms with Crippen LogP contribution in [0.5, 0.6) is 0 Å². The SMILES string of the molecule is CCCCC(CC)COC(=O)C(C)CC(CC)C(=O)OC(C)C(F)(F)F. The predicted octanol–water partition coefficient (Wildman–Crippen LogP) is 5.29. The smallest absolute Gasteiger partial charge is 0.425 e. The Kier molecular flexibility index (Phi) is 11.6. The minimum atomic E-state index is -4.59. The number of carbonyl (C=O) groups is 2. The van der Waals surface area contributed by atoms with Crippen molar-refractivity contribution in [2.24, 2.45) is 17.8 Å². The van der Waals surface area contributed by atoms with Crippen LogP contribution in [0.3, 0.4) is 0 Å². The fourth-order valence-electron chi connectivity index (χ4n) is 2.53. The third-order valence-corrected chi connectivity index (χ3v) is 4.63. The summed E-state index contributed by atoms with van der Waals surface area (Å²) in [7, 11) is 0. The van der Waals surface area contributed by atoms with Crippen LogP contribution in [-0.4, -0.2) is 30.8 Å². The fourth-order valence-corrected chi connectivity index (χ4v) is 2.53. The number of halogens is 3. The molecular weight excluding hydrogens is 349 g/mol. The third kappa shape index (κ3) is 9.43. The molecule has 154 valence electrons. The van der Waals surface area contributed by atoms with Gasteiger partial charge in [0, 0.05) is 0 Å². The maximum absolute atomic E-state index is 12.5. The molecule has 4 atom stereocenters. The molecule has 0 N–H and O–H groups in total. The summed E-state index contributed by atoms with van der Waals surface area (Å²) in [6.45, 7) is 8.58. The minimum Gasteiger partial charge on any atom is -0.465 e. The van der Waals surface area contributed by atoms with E-state index < -0.39 is 36.1 Å². The molecule has 7 heteroatoms. The lowest BCUT2D eigenvalue weighted by Crippen LogP contribution is -2.34. The second-order valence-corrected chi connectivity index (χ2v) is 6.91. The highest BCUT2D eigenvalue weighted by Crippen LogP contribution is 2.26. The minimum absolute atomic E-state index is 0.116. The van der Waals surface area contributed by atoms with Gasteiger partial charge in [0.05, 0.1) is 18.4 Å². The van der Waals surface area contributed by atoms with Gasteiger partial charge in [-0.3, -0.25) is 9.59 Å². The summed E-state index contributed by atoms with van der Waals surface area (Å²) in [5, 5.41) is 0. The van der Waals surface area contributed by atoms with Gasteiger partial charge < -0.3 is 9.47 Å². The molecule has 0 fully saturated rings. The predicted molar refractivity (Wildman–Crippen MR) is 93.4 cm³/mol. The van der Waals surface area contributed by atoms with Gasteiger partial charge in [-0.1, -0.05) is 47.0 Å². The largest absolute Gasteiger partial charge is 0.465 e. The van der Waals surface area contributed by atoms with E-state index in [9.17, 15) is 22.8 Å². The average Bonchev–Trinajstić information content (AvgIpc) is 2.58. The molecule has 0 aromatic rings. The first-order valence-electron chi connectivity index (χ1n) is 9.50. The molecule has 0 aromatic heterocycles. The fraction of sp³-hybridized carbons (Fsp3) is 0.895. The van der Waals surface area contributed by atoms with Gasteiger partial charge in [-0.25, -0.2) is 0 Å². The second-order valence-electron chi connectivity index (χ2n) is 6.91. The summed E-state index contributed by atoms with van der Waals surface area (Å²) in [6.07, 6.45) is -2.26. The van der Waals surface area contributed by atoms with Gasteiger partial charge in [0.2, 0.25) is 0 Å². The van der Waals surface area contributed by atoms with Crippen molar-refractivity contribution in [2.75, 3.05) is 6.61 Å². The monoisotopic (exact) mass is 382 g/mol. The van der Waals surface area contributed by atoms with Crippen LogP contribution in [0.1, 0.15) is 73.1 Å². The van der Waals surface area contributed by atoms with E-state index in [0.717, 1.165) is 32.6 Å². The number of hydrogen-bond donors (Lipinski definition) is 0. The highest BCUT2D eigenvalue weighted by molar-refractivity contribution is 5.76. The van der Waals surface area contributed by atoms with Crippen molar-refractivity contribution in [3.05, 3.63) is 0 Å². The van der Waals surface area contributed by atoms with Crippen LogP contribution in [-0.2, 0) is 19.1 Å². The molecule has 0 rings (SSSR count). The molecule has 0 spiro atoms. The van der Waals surface area contributed by atoms with Crippen molar-refractivity contribution in [3.63, 3.8) is 0 Å². The van der Waals surface area contributed by atoms with E-state index in [1.165, 1.54) is 0 Å². The number of alkyl halides is 3. The Morgan fingerprint density at radius 3 is 2.08 bits per heavy atom. The molecule has 0 aromatic carbocycles. The maximum atomic E-state index is 12.5. The molecule has 0 amide bonds. The Labute approximate surface area is 154 Å². The molecule has 0 heterocycles. The van der Waals surface area contributed by atoms with Gasteiger partial charge in [-0.15, -0.1) is 0 Å². The number of unbranched alkanes of at least 4 members (excludes halogenated alkanes) is 1. The van der Waals surface area contributed by atoms with Crippen molar-refractivity contribution in [1.29, 1.82) is 0 Å². The molecule has 0 aliphatic carbocycles. The van der Waals surface area contributed by atoms with Crippen molar-refractivity contribution in [2.45, 2.75) is 85.4 Å². The number of carbonyl (C=O) groups excluding carboxylic acids is 2. The van der Waals surface area contributed by atoms with Gasteiger partial charge in [-0.05, 0) is 32.1 Å². The Morgan fingerprint density at radius 1 is 1.00 bits per heavy atom. The van der Waals surface area contributed by atoms with Crippen molar-refractivity contribution < 1.29 is 32.2 Å². The van der Waals surface area contributed by atoms with Crippen LogP contribution in [0, 0.1) is 17.8 Å². The van der Waals surface area contributed by atoms with Gasteiger partial charge in [0.25, 0.3) is 0 Å². The number of rotatable bonds is 12. The molecule has 0 aliphatic heterocycles. The van der Waals surface area contributed by atoms with Crippen LogP contribution in [0.25, 0.3) is 0 Å². The van der Waals surface area contributed by atoms with Gasteiger partial charge in [0.1, 0.15) is 0 Å². The molecule has 4 nitrogen and oxygen atoms in total. The van der Waals surface area contributed by atoms with Crippen LogP contribution < -0.4 is 0 Å². The van der Waals surface area contributed by atoms with E-state index in [1.807, 2.05) is 6.92 Å². The summed E-state index contributed by atoms with van der Waals surface area (Å²) >= 11 is 0. The molecule has 0 radical (unpaired) electrons. The zero-order valence-corrected chi connectivity index (χ0v) is 16.5. The van der Waals surface area contributed by atoms with E-state index in [-0.39, 0.29) is 6.42 Å². The zero-order valence-electron chi connectivity index (χ0n) is 16.5. The van der Waals surface area contributed by atoms with Gasteiger partial charge >= 0.3 is 18.1 Å². The summed E-state index contributed by atoms with van der Waals surface area (Å²) in [5.41, 5.74) is 0. The van der Waals surface area contributed by atoms with Gasteiger partial charge in [-0.2, -0.15) is 13.2 Å². The first-order chi connectivity index (χ1) is 12.1. The van der Waals surface area contributed by atoms with Gasteiger partial charge in [0.15, 0.2) is 6.10 Å². The van der Waals surface area contributed by atoms with Crippen molar-refractivity contribution >= 4 is 11.9 Å². The molecular formula is C19H33F3O4. The van der Waals surface area contributed by atoms with Crippen LogP contribution in [0.4, 0.5) is 13.2 Å². The number of ether oxygens (including phenoxy) is 2. The summed E-state index contributed by atoms with van der Waals surface area (Å²) < 4.78 is 47.4. The van der Waals surface area contributed by atoms with E-state index in [0.29, 0.717) is 18.9 Å². The summed E-state index contributed by atoms with van der Waals surface area (Å²) in [4.78, 5) is 24.1. The lowest BCUT2D eigenvalue weighted by Gasteiger charge is -2.22. The van der Waals surface area contributed by atoms with Crippen LogP contribution in [0.15, 0.2) is 0 Å². The number of esters is 2. The normalized spacial score (nSPS) is 16.5. The third-order valence-electron chi connectivity index (χ3n) is 4.63. The molecule has 0 bridgehead atoms. The highest BCUT2D eigenvalue weighted by atomic mass is 19.4. The van der Waals surface area contributed by atoms with E-state index in [1.54, 1.807) is 13.8 Å². The summed E-state index contributed by atoms with van der Waals surface area (Å²) in [5.74, 6) is -2.37. The lowest BCUT2D eigenvalue weighted by molar-refractivity contribution is -0.218. The Bertz CT molecular complexity index is 423. The van der Waals surface area contributed by atoms with E-state index >= 15 is 0 Å². The second kappa shape index (κ2) is 12.2. The van der Waals surface area contributed by atoms with E-state index in [4.69, 9.17) is 4.74 Å². The van der Waals surface area contributed by atoms with Crippen molar-refractivity contribution in [3.8, 4) is 0 Å². The lowest BCUT2D eigenvalue weighted by atomic mass is 9.93. The number of hydrogen-bond acceptors (Lipinski definition) is 4. The molecule has 0 saturated heterocycles. The van der Waals surface area contributed by atoms with E-state index in [2.05, 4.69) is 11.7 Å². The van der Waals surface area contributed by atoms with Crippen LogP contribution >= 0.6 is 0 Å². The standard InChI is InChI=1S/C19H33F3O4/c1-6-9-10-15(7-2)12-25-17(23)13(4)11-16(8-3)18(24)26-14(5)19(20,21)22/h13-16H,6-12H2,1-5H3. The zero-order chi connectivity index (χ0) is 20.3. The molecule has 0 saturated carbocycles. The Morgan fingerprint density at radius 2 is 1.62 bits per heavy atom. The highest BCUT2D eigenvalue weighted by Gasteiger charge is 2.40. The first-order valence-corrected chi connectivity index (χ1v) is 9.50. The molecule has 0 aliphatic rings. The van der Waals surface area contributed by atoms with Crippen LogP contribution in [0.2, 0.25) is 0 Å². The first kappa shape index (κ1) is 24.7. The summed E-state index contributed by atoms with van der Waals surface area (Å²) in [6, 6.07) is 0.